The number of tetrazole rings is 1. The lowest BCUT2D eigenvalue weighted by Gasteiger charge is -2.29. The minimum absolute atomic E-state index is 0.0301. The number of carbonyl (C=O) groups excluding carboxylic acids is 2. The number of nitrogens with one attached hydrogen (secondary N) is 2. The molecule has 2 heterocycles. The van der Waals surface area contributed by atoms with Gasteiger partial charge in [-0.1, -0.05) is 41.9 Å². The number of aromatic nitrogens is 4. The molecule has 3 aromatic rings. The van der Waals surface area contributed by atoms with Gasteiger partial charge in [-0.2, -0.15) is 4.80 Å². The maximum absolute atomic E-state index is 12.3. The largest absolute Gasteiger partial charge is 0.359 e. The molecule has 1 fully saturated rings. The molecule has 1 aliphatic heterocycles. The normalized spacial score (nSPS) is 13.7. The molecule has 0 aliphatic carbocycles. The second kappa shape index (κ2) is 9.57. The number of nitrogens with zero attached hydrogens (tertiary/aromatic N) is 5. The van der Waals surface area contributed by atoms with Crippen LogP contribution in [0.5, 0.6) is 0 Å². The van der Waals surface area contributed by atoms with E-state index in [-0.39, 0.29) is 18.4 Å². The molecule has 0 unspecified atom stereocenters. The fraction of sp³-hybridized carbons (Fsp3) is 0.286. The van der Waals surface area contributed by atoms with Crippen LogP contribution in [0.3, 0.4) is 0 Å². The summed E-state index contributed by atoms with van der Waals surface area (Å²) in [4.78, 5) is 27.3. The Kier molecular flexibility index (Phi) is 6.42. The van der Waals surface area contributed by atoms with Gasteiger partial charge in [-0.25, -0.2) is 0 Å². The summed E-state index contributed by atoms with van der Waals surface area (Å²) in [7, 11) is 0. The van der Waals surface area contributed by atoms with Gasteiger partial charge in [0.1, 0.15) is 0 Å². The third-order valence-corrected chi connectivity index (χ3v) is 5.16. The fourth-order valence-corrected chi connectivity index (χ4v) is 3.63. The van der Waals surface area contributed by atoms with Crippen LogP contribution in [0, 0.1) is 0 Å². The van der Waals surface area contributed by atoms with Crippen molar-refractivity contribution in [2.45, 2.75) is 19.4 Å². The van der Waals surface area contributed by atoms with Crippen molar-refractivity contribution < 1.29 is 9.59 Å². The average molecular weight is 440 g/mol. The molecule has 1 saturated heterocycles. The zero-order valence-corrected chi connectivity index (χ0v) is 17.5. The highest BCUT2D eigenvalue weighted by Crippen LogP contribution is 2.29. The van der Waals surface area contributed by atoms with Crippen molar-refractivity contribution in [2.24, 2.45) is 0 Å². The van der Waals surface area contributed by atoms with Gasteiger partial charge in [0, 0.05) is 30.8 Å². The summed E-state index contributed by atoms with van der Waals surface area (Å²) in [5, 5.41) is 18.6. The summed E-state index contributed by atoms with van der Waals surface area (Å²) in [6, 6.07) is 14.9. The molecule has 160 valence electrons. The van der Waals surface area contributed by atoms with E-state index in [1.54, 1.807) is 12.1 Å². The third-order valence-electron chi connectivity index (χ3n) is 4.86. The van der Waals surface area contributed by atoms with Gasteiger partial charge in [0.2, 0.25) is 17.6 Å². The molecule has 2 aromatic carbocycles. The maximum atomic E-state index is 12.3. The smallest absolute Gasteiger partial charge is 0.239 e. The molecule has 10 heteroatoms. The van der Waals surface area contributed by atoms with Crippen LogP contribution in [0.2, 0.25) is 5.02 Å². The van der Waals surface area contributed by atoms with Gasteiger partial charge in [-0.05, 0) is 29.8 Å². The van der Waals surface area contributed by atoms with Crippen molar-refractivity contribution in [1.29, 1.82) is 0 Å². The Morgan fingerprint density at radius 2 is 2.03 bits per heavy atom. The first kappa shape index (κ1) is 20.8. The number of hydrogen-bond donors (Lipinski definition) is 2. The maximum Gasteiger partial charge on any atom is 0.239 e. The van der Waals surface area contributed by atoms with Crippen LogP contribution in [0.4, 0.5) is 11.4 Å². The van der Waals surface area contributed by atoms with Crippen molar-refractivity contribution in [1.82, 2.24) is 25.5 Å². The minimum atomic E-state index is -0.121. The van der Waals surface area contributed by atoms with Crippen molar-refractivity contribution in [3.05, 3.63) is 53.6 Å². The Balaban J connectivity index is 1.27. The summed E-state index contributed by atoms with van der Waals surface area (Å²) in [5.74, 6) is 0.410. The predicted molar refractivity (Wildman–Crippen MR) is 118 cm³/mol. The molecular weight excluding hydrogens is 418 g/mol. The predicted octanol–water partition coefficient (Wildman–Crippen LogP) is 2.35. The molecule has 4 rings (SSSR count). The SMILES string of the molecule is O=C1CN(c2ccc(NC(=O)CCCn3nnc(-c4ccccc4)n3)cc2Cl)CCN1. The molecule has 1 aromatic heterocycles. The first-order chi connectivity index (χ1) is 15.1. The lowest BCUT2D eigenvalue weighted by atomic mass is 10.2. The number of carbonyl (C=O) groups is 2. The number of aryl methyl sites for hydroxylation is 1. The monoisotopic (exact) mass is 439 g/mol. The molecule has 0 radical (unpaired) electrons. The van der Waals surface area contributed by atoms with Crippen LogP contribution in [-0.2, 0) is 16.1 Å². The molecule has 0 bridgehead atoms. The third kappa shape index (κ3) is 5.37. The standard InChI is InChI=1S/C21H22ClN7O2/c22-17-13-16(8-9-18(17)28-12-10-23-20(31)14-28)24-19(30)7-4-11-29-26-21(25-27-29)15-5-2-1-3-6-15/h1-3,5-6,8-9,13H,4,7,10-12,14H2,(H,23,31)(H,24,30). The van der Waals surface area contributed by atoms with E-state index in [0.29, 0.717) is 49.0 Å². The quantitative estimate of drug-likeness (QED) is 0.585. The number of amides is 2. The lowest BCUT2D eigenvalue weighted by Crippen LogP contribution is -2.47. The first-order valence-corrected chi connectivity index (χ1v) is 10.4. The number of piperazine rings is 1. The number of rotatable bonds is 7. The van der Waals surface area contributed by atoms with Crippen molar-refractivity contribution in [3.63, 3.8) is 0 Å². The Labute approximate surface area is 184 Å². The van der Waals surface area contributed by atoms with E-state index < -0.39 is 0 Å². The summed E-state index contributed by atoms with van der Waals surface area (Å²) in [6.07, 6.45) is 0.888. The molecule has 2 N–H and O–H groups in total. The van der Waals surface area contributed by atoms with Crippen LogP contribution < -0.4 is 15.5 Å². The topological polar surface area (TPSA) is 105 Å². The van der Waals surface area contributed by atoms with Crippen molar-refractivity contribution >= 4 is 34.8 Å². The first-order valence-electron chi connectivity index (χ1n) is 10.0. The minimum Gasteiger partial charge on any atom is -0.359 e. The van der Waals surface area contributed by atoms with Crippen LogP contribution >= 0.6 is 11.6 Å². The van der Waals surface area contributed by atoms with Gasteiger partial charge in [0.25, 0.3) is 0 Å². The summed E-state index contributed by atoms with van der Waals surface area (Å²) >= 11 is 6.38. The molecule has 0 spiro atoms. The van der Waals surface area contributed by atoms with E-state index in [0.717, 1.165) is 11.3 Å². The number of benzene rings is 2. The second-order valence-electron chi connectivity index (χ2n) is 7.16. The molecule has 9 nitrogen and oxygen atoms in total. The molecule has 0 saturated carbocycles. The summed E-state index contributed by atoms with van der Waals surface area (Å²) in [6.45, 7) is 2.04. The molecule has 1 aliphatic rings. The van der Waals surface area contributed by atoms with Gasteiger partial charge < -0.3 is 15.5 Å². The Morgan fingerprint density at radius 1 is 1.19 bits per heavy atom. The van der Waals surface area contributed by atoms with Crippen molar-refractivity contribution in [2.75, 3.05) is 29.9 Å². The highest BCUT2D eigenvalue weighted by molar-refractivity contribution is 6.33. The van der Waals surface area contributed by atoms with Crippen LogP contribution in [0.1, 0.15) is 12.8 Å². The zero-order chi connectivity index (χ0) is 21.6. The van der Waals surface area contributed by atoms with Crippen molar-refractivity contribution in [3.8, 4) is 11.4 Å². The summed E-state index contributed by atoms with van der Waals surface area (Å²) < 4.78 is 0. The van der Waals surface area contributed by atoms with Gasteiger partial charge in [0.15, 0.2) is 0 Å². The molecule has 2 amide bonds. The Bertz CT molecular complexity index is 1070. The zero-order valence-electron chi connectivity index (χ0n) is 16.8. The van der Waals surface area contributed by atoms with Gasteiger partial charge >= 0.3 is 0 Å². The molecule has 31 heavy (non-hydrogen) atoms. The van der Waals surface area contributed by atoms with Crippen LogP contribution in [0.25, 0.3) is 11.4 Å². The van der Waals surface area contributed by atoms with Gasteiger partial charge in [-0.3, -0.25) is 9.59 Å². The van der Waals surface area contributed by atoms with E-state index in [9.17, 15) is 9.59 Å². The summed E-state index contributed by atoms with van der Waals surface area (Å²) in [5.41, 5.74) is 2.29. The van der Waals surface area contributed by atoms with Gasteiger partial charge in [-0.15, -0.1) is 10.2 Å². The highest BCUT2D eigenvalue weighted by atomic mass is 35.5. The van der Waals surface area contributed by atoms with E-state index in [4.69, 9.17) is 11.6 Å². The highest BCUT2D eigenvalue weighted by Gasteiger charge is 2.19. The number of hydrogen-bond acceptors (Lipinski definition) is 6. The molecule has 0 atom stereocenters. The Hall–Kier alpha value is -3.46. The second-order valence-corrected chi connectivity index (χ2v) is 7.57. The van der Waals surface area contributed by atoms with E-state index in [2.05, 4.69) is 26.0 Å². The van der Waals surface area contributed by atoms with Crippen LogP contribution in [0.15, 0.2) is 48.5 Å². The van der Waals surface area contributed by atoms with Gasteiger partial charge in [0.05, 0.1) is 23.8 Å². The van der Waals surface area contributed by atoms with E-state index in [1.165, 1.54) is 4.80 Å². The number of anilines is 2. The Morgan fingerprint density at radius 3 is 2.81 bits per heavy atom. The number of halogens is 1. The average Bonchev–Trinajstić information content (AvgIpc) is 3.23. The lowest BCUT2D eigenvalue weighted by molar-refractivity contribution is -0.120. The molecular formula is C21H22ClN7O2. The van der Waals surface area contributed by atoms with Crippen LogP contribution in [-0.4, -0.2) is 51.7 Å². The fourth-order valence-electron chi connectivity index (χ4n) is 3.33. The van der Waals surface area contributed by atoms with E-state index in [1.807, 2.05) is 41.3 Å². The van der Waals surface area contributed by atoms with E-state index >= 15 is 0 Å².